The van der Waals surface area contributed by atoms with E-state index in [0.717, 1.165) is 0 Å². The van der Waals surface area contributed by atoms with Crippen molar-refractivity contribution in [3.63, 3.8) is 0 Å². The van der Waals surface area contributed by atoms with Gasteiger partial charge in [-0.1, -0.05) is 6.07 Å². The summed E-state index contributed by atoms with van der Waals surface area (Å²) < 4.78 is 0. The molecular weight excluding hydrogens is 266 g/mol. The molecule has 1 atom stereocenters. The van der Waals surface area contributed by atoms with Crippen LogP contribution in [0.3, 0.4) is 0 Å². The predicted octanol–water partition coefficient (Wildman–Crippen LogP) is -0.501. The van der Waals surface area contributed by atoms with Crippen molar-refractivity contribution >= 4 is 23.2 Å². The zero-order valence-electron chi connectivity index (χ0n) is 10.4. The molecule has 0 saturated carbocycles. The zero-order chi connectivity index (χ0) is 14.7. The summed E-state index contributed by atoms with van der Waals surface area (Å²) in [4.78, 5) is 33.4. The average molecular weight is 279 g/mol. The highest BCUT2D eigenvalue weighted by atomic mass is 16.6. The van der Waals surface area contributed by atoms with E-state index >= 15 is 0 Å². The van der Waals surface area contributed by atoms with Gasteiger partial charge in [0.15, 0.2) is 0 Å². The highest BCUT2D eigenvalue weighted by Crippen LogP contribution is 2.27. The number of benzene rings is 1. The van der Waals surface area contributed by atoms with Crippen molar-refractivity contribution in [3.05, 3.63) is 33.9 Å². The number of amides is 2. The van der Waals surface area contributed by atoms with Gasteiger partial charge < -0.3 is 16.1 Å². The molecule has 0 aromatic heterocycles. The molecule has 2 rings (SSSR count). The van der Waals surface area contributed by atoms with Gasteiger partial charge in [-0.2, -0.15) is 0 Å². The maximum Gasteiger partial charge on any atom is 0.294 e. The predicted molar refractivity (Wildman–Crippen MR) is 69.8 cm³/mol. The third kappa shape index (κ3) is 2.67. The van der Waals surface area contributed by atoms with Gasteiger partial charge in [-0.3, -0.25) is 25.5 Å². The van der Waals surface area contributed by atoms with Crippen molar-refractivity contribution in [2.24, 2.45) is 5.84 Å². The van der Waals surface area contributed by atoms with E-state index in [1.165, 1.54) is 18.2 Å². The van der Waals surface area contributed by atoms with Crippen molar-refractivity contribution < 1.29 is 14.5 Å². The highest BCUT2D eigenvalue weighted by molar-refractivity contribution is 6.02. The van der Waals surface area contributed by atoms with Crippen LogP contribution in [0.1, 0.15) is 16.8 Å². The minimum atomic E-state index is -0.632. The summed E-state index contributed by atoms with van der Waals surface area (Å²) in [6.45, 7) is 0.338. The fraction of sp³-hybridized carbons (Fsp3) is 0.273. The number of nitro benzene ring substituents is 1. The molecule has 0 aliphatic carbocycles. The molecule has 20 heavy (non-hydrogen) atoms. The van der Waals surface area contributed by atoms with Crippen LogP contribution in [-0.4, -0.2) is 29.3 Å². The van der Waals surface area contributed by atoms with E-state index in [9.17, 15) is 19.7 Å². The standard InChI is InChI=1S/C11H13N5O4/c12-15-10-7(2-1-3-8(10)16(19)20)11(18)14-6-4-9(17)13-5-6/h1-3,6,15H,4-5,12H2,(H,13,17)(H,14,18). The molecule has 9 nitrogen and oxygen atoms in total. The first-order valence-electron chi connectivity index (χ1n) is 5.84. The van der Waals surface area contributed by atoms with Gasteiger partial charge in [0, 0.05) is 19.0 Å². The van der Waals surface area contributed by atoms with E-state index in [4.69, 9.17) is 5.84 Å². The van der Waals surface area contributed by atoms with E-state index in [0.29, 0.717) is 6.54 Å². The van der Waals surface area contributed by atoms with Gasteiger partial charge in [0.25, 0.3) is 11.6 Å². The van der Waals surface area contributed by atoms with Gasteiger partial charge in [0.2, 0.25) is 5.91 Å². The number of carbonyl (C=O) groups excluding carboxylic acids is 2. The number of nitrogens with one attached hydrogen (secondary N) is 3. The van der Waals surface area contributed by atoms with E-state index in [1.54, 1.807) is 0 Å². The smallest absolute Gasteiger partial charge is 0.294 e. The van der Waals surface area contributed by atoms with E-state index in [-0.39, 0.29) is 35.3 Å². The lowest BCUT2D eigenvalue weighted by Crippen LogP contribution is -2.36. The molecule has 1 aromatic carbocycles. The Hall–Kier alpha value is -2.68. The maximum absolute atomic E-state index is 12.1. The fourth-order valence-electron chi connectivity index (χ4n) is 2.00. The lowest BCUT2D eigenvalue weighted by atomic mass is 10.1. The number of hydrazine groups is 1. The summed E-state index contributed by atoms with van der Waals surface area (Å²) in [5, 5.41) is 16.1. The number of nitro groups is 1. The van der Waals surface area contributed by atoms with Crippen LogP contribution in [0.2, 0.25) is 0 Å². The quantitative estimate of drug-likeness (QED) is 0.333. The number of hydrogen-bond donors (Lipinski definition) is 4. The van der Waals surface area contributed by atoms with E-state index < -0.39 is 10.8 Å². The molecular formula is C11H13N5O4. The molecule has 9 heteroatoms. The van der Waals surface area contributed by atoms with Crippen molar-refractivity contribution in [1.29, 1.82) is 0 Å². The number of nitrogens with two attached hydrogens (primary N) is 1. The zero-order valence-corrected chi connectivity index (χ0v) is 10.4. The SMILES string of the molecule is NNc1c(C(=O)NC2CNC(=O)C2)cccc1[N+](=O)[O-]. The summed E-state index contributed by atoms with van der Waals surface area (Å²) in [5.41, 5.74) is 1.88. The number of hydrogen-bond acceptors (Lipinski definition) is 6. The van der Waals surface area contributed by atoms with Gasteiger partial charge in [-0.05, 0) is 6.07 Å². The fourth-order valence-corrected chi connectivity index (χ4v) is 2.00. The molecule has 0 spiro atoms. The van der Waals surface area contributed by atoms with Crippen molar-refractivity contribution in [2.45, 2.75) is 12.5 Å². The molecule has 2 amide bonds. The molecule has 1 heterocycles. The summed E-state index contributed by atoms with van der Waals surface area (Å²) in [7, 11) is 0. The molecule has 1 unspecified atom stereocenters. The van der Waals surface area contributed by atoms with Crippen LogP contribution in [0.15, 0.2) is 18.2 Å². The third-order valence-electron chi connectivity index (χ3n) is 2.94. The second kappa shape index (κ2) is 5.53. The minimum absolute atomic E-state index is 0.0565. The van der Waals surface area contributed by atoms with Crippen LogP contribution in [-0.2, 0) is 4.79 Å². The molecule has 1 fully saturated rings. The van der Waals surface area contributed by atoms with E-state index in [2.05, 4.69) is 16.1 Å². The summed E-state index contributed by atoms with van der Waals surface area (Å²) in [5.74, 6) is 4.58. The summed E-state index contributed by atoms with van der Waals surface area (Å²) in [6, 6.07) is 3.72. The number of anilines is 1. The Labute approximate surface area is 113 Å². The van der Waals surface area contributed by atoms with Crippen molar-refractivity contribution in [2.75, 3.05) is 12.0 Å². The van der Waals surface area contributed by atoms with Gasteiger partial charge in [-0.15, -0.1) is 0 Å². The topological polar surface area (TPSA) is 139 Å². The Bertz CT molecular complexity index is 574. The second-order valence-corrected chi connectivity index (χ2v) is 4.28. The molecule has 1 aliphatic rings. The van der Waals surface area contributed by atoms with Crippen LogP contribution in [0.5, 0.6) is 0 Å². The van der Waals surface area contributed by atoms with Crippen LogP contribution in [0, 0.1) is 10.1 Å². The Morgan fingerprint density at radius 3 is 2.80 bits per heavy atom. The third-order valence-corrected chi connectivity index (χ3v) is 2.94. The Morgan fingerprint density at radius 1 is 1.50 bits per heavy atom. The highest BCUT2D eigenvalue weighted by Gasteiger charge is 2.26. The van der Waals surface area contributed by atoms with Crippen LogP contribution in [0.25, 0.3) is 0 Å². The first-order valence-corrected chi connectivity index (χ1v) is 5.84. The van der Waals surface area contributed by atoms with Crippen LogP contribution >= 0.6 is 0 Å². The largest absolute Gasteiger partial charge is 0.354 e. The maximum atomic E-state index is 12.1. The number of para-hydroxylation sites is 1. The molecule has 1 aromatic rings. The van der Waals surface area contributed by atoms with Gasteiger partial charge >= 0.3 is 0 Å². The Kier molecular flexibility index (Phi) is 3.80. The molecule has 0 radical (unpaired) electrons. The van der Waals surface area contributed by atoms with Crippen molar-refractivity contribution in [3.8, 4) is 0 Å². The normalized spacial score (nSPS) is 17.4. The van der Waals surface area contributed by atoms with Crippen molar-refractivity contribution in [1.82, 2.24) is 10.6 Å². The number of nitrogen functional groups attached to an aromatic ring is 1. The summed E-state index contributed by atoms with van der Waals surface area (Å²) in [6.07, 6.45) is 0.187. The number of nitrogens with zero attached hydrogens (tertiary/aromatic N) is 1. The van der Waals surface area contributed by atoms with Gasteiger partial charge in [-0.25, -0.2) is 0 Å². The second-order valence-electron chi connectivity index (χ2n) is 4.28. The van der Waals surface area contributed by atoms with Crippen LogP contribution < -0.4 is 21.9 Å². The monoisotopic (exact) mass is 279 g/mol. The number of carbonyl (C=O) groups is 2. The Balaban J connectivity index is 2.23. The van der Waals surface area contributed by atoms with Gasteiger partial charge in [0.05, 0.1) is 16.5 Å². The number of rotatable bonds is 4. The lowest BCUT2D eigenvalue weighted by Gasteiger charge is -2.13. The van der Waals surface area contributed by atoms with Crippen LogP contribution in [0.4, 0.5) is 11.4 Å². The van der Waals surface area contributed by atoms with Gasteiger partial charge in [0.1, 0.15) is 5.69 Å². The molecule has 1 aliphatic heterocycles. The molecule has 1 saturated heterocycles. The van der Waals surface area contributed by atoms with E-state index in [1.807, 2.05) is 0 Å². The molecule has 0 bridgehead atoms. The molecule has 106 valence electrons. The Morgan fingerprint density at radius 2 is 2.25 bits per heavy atom. The molecule has 5 N–H and O–H groups in total. The first kappa shape index (κ1) is 13.7. The minimum Gasteiger partial charge on any atom is -0.354 e. The first-order chi connectivity index (χ1) is 9.52. The lowest BCUT2D eigenvalue weighted by molar-refractivity contribution is -0.384. The average Bonchev–Trinajstić information content (AvgIpc) is 2.82. The summed E-state index contributed by atoms with van der Waals surface area (Å²) >= 11 is 0.